The molecule has 0 N–H and O–H groups in total. The number of rotatable bonds is 3. The smallest absolute Gasteiger partial charge is 0.160 e. The monoisotopic (exact) mass is 524 g/mol. The molecule has 24 heavy (non-hydrogen) atoms. The summed E-state index contributed by atoms with van der Waals surface area (Å²) in [6.45, 7) is -0.179. The Bertz CT molecular complexity index is 705. The van der Waals surface area contributed by atoms with Crippen molar-refractivity contribution in [1.29, 1.82) is 0 Å². The van der Waals surface area contributed by atoms with Gasteiger partial charge in [-0.25, -0.2) is 0 Å². The molecule has 0 bridgehead atoms. The fraction of sp³-hybridized carbons (Fsp3) is 0.0769. The van der Waals surface area contributed by atoms with Gasteiger partial charge in [0.15, 0.2) is 5.75 Å². The molecular weight excluding hydrogens is 527 g/mol. The molecule has 0 fully saturated rings. The van der Waals surface area contributed by atoms with Crippen LogP contribution in [0.25, 0.3) is 0 Å². The Hall–Kier alpha value is 1.14. The fourth-order valence-electron chi connectivity index (χ4n) is 1.63. The van der Waals surface area contributed by atoms with Gasteiger partial charge in [0.2, 0.25) is 0 Å². The van der Waals surface area contributed by atoms with Crippen molar-refractivity contribution >= 4 is 116 Å². The molecule has 0 unspecified atom stereocenters. The van der Waals surface area contributed by atoms with E-state index in [2.05, 4.69) is 0 Å². The second-order valence-corrected chi connectivity index (χ2v) is 8.02. The molecule has 0 heterocycles. The van der Waals surface area contributed by atoms with Gasteiger partial charge in [-0.15, -0.1) is 0 Å². The van der Waals surface area contributed by atoms with Crippen LogP contribution in [0.15, 0.2) is 0 Å². The second-order valence-electron chi connectivity index (χ2n) is 4.24. The lowest BCUT2D eigenvalue weighted by molar-refractivity contribution is 0.307. The fourth-order valence-corrected chi connectivity index (χ4v) is 4.15. The number of ether oxygens (including phenoxy) is 1. The van der Waals surface area contributed by atoms with Crippen LogP contribution in [-0.4, -0.2) is 0 Å². The van der Waals surface area contributed by atoms with Gasteiger partial charge in [0.25, 0.3) is 0 Å². The molecule has 0 saturated heterocycles. The van der Waals surface area contributed by atoms with Gasteiger partial charge in [-0.05, 0) is 0 Å². The first-order chi connectivity index (χ1) is 11.1. The predicted molar refractivity (Wildman–Crippen MR) is 107 cm³/mol. The molecule has 1 nitrogen and oxygen atoms in total. The van der Waals surface area contributed by atoms with Gasteiger partial charge in [0.1, 0.15) is 16.7 Å². The van der Waals surface area contributed by atoms with Crippen molar-refractivity contribution in [2.75, 3.05) is 0 Å². The van der Waals surface area contributed by atoms with E-state index in [1.165, 1.54) is 0 Å². The van der Waals surface area contributed by atoms with Crippen molar-refractivity contribution in [2.45, 2.75) is 6.61 Å². The summed E-state index contributed by atoms with van der Waals surface area (Å²) in [5, 5.41) is 0.221. The first-order valence-electron chi connectivity index (χ1n) is 5.74. The number of hydrogen-bond donors (Lipinski definition) is 0. The quantitative estimate of drug-likeness (QED) is 0.285. The molecular formula is C13H2Cl10O. The SMILES string of the molecule is Clc1c(Cl)c(Cl)c(COc2c(Cl)c(Cl)c(Cl)c(Cl)c2Cl)c(Cl)c1Cl. The molecule has 0 aliphatic heterocycles. The van der Waals surface area contributed by atoms with E-state index in [1.54, 1.807) is 0 Å². The minimum Gasteiger partial charge on any atom is -0.486 e. The molecule has 0 spiro atoms. The second kappa shape index (κ2) is 8.44. The van der Waals surface area contributed by atoms with Crippen molar-refractivity contribution in [3.8, 4) is 5.75 Å². The molecule has 0 atom stereocenters. The average molecular weight is 529 g/mol. The summed E-state index contributed by atoms with van der Waals surface area (Å²) < 4.78 is 5.56. The summed E-state index contributed by atoms with van der Waals surface area (Å²) in [6.07, 6.45) is 0. The Morgan fingerprint density at radius 3 is 1.08 bits per heavy atom. The van der Waals surface area contributed by atoms with Crippen LogP contribution in [0.5, 0.6) is 5.75 Å². The maximum Gasteiger partial charge on any atom is 0.160 e. The van der Waals surface area contributed by atoms with Crippen molar-refractivity contribution in [1.82, 2.24) is 0 Å². The third-order valence-electron chi connectivity index (χ3n) is 2.83. The minimum atomic E-state index is -0.179. The van der Waals surface area contributed by atoms with E-state index in [9.17, 15) is 0 Å². The molecule has 2 aromatic rings. The zero-order valence-corrected chi connectivity index (χ0v) is 18.5. The van der Waals surface area contributed by atoms with Crippen molar-refractivity contribution < 1.29 is 4.74 Å². The van der Waals surface area contributed by atoms with Crippen molar-refractivity contribution in [2.24, 2.45) is 0 Å². The third-order valence-corrected chi connectivity index (χ3v) is 7.43. The maximum atomic E-state index is 6.13. The normalized spacial score (nSPS) is 11.1. The summed E-state index contributed by atoms with van der Waals surface area (Å²) in [4.78, 5) is 0. The summed E-state index contributed by atoms with van der Waals surface area (Å²) in [5.74, 6) is 0.00654. The third kappa shape index (κ3) is 3.87. The predicted octanol–water partition coefficient (Wildman–Crippen LogP) is 9.80. The molecule has 0 saturated carbocycles. The highest BCUT2D eigenvalue weighted by Gasteiger charge is 2.23. The molecule has 0 amide bonds. The minimum absolute atomic E-state index is 0.00654. The molecule has 0 aliphatic carbocycles. The van der Waals surface area contributed by atoms with Crippen molar-refractivity contribution in [3.63, 3.8) is 0 Å². The topological polar surface area (TPSA) is 9.23 Å². The first-order valence-corrected chi connectivity index (χ1v) is 9.52. The van der Waals surface area contributed by atoms with Gasteiger partial charge < -0.3 is 4.74 Å². The van der Waals surface area contributed by atoms with Gasteiger partial charge in [0, 0.05) is 5.56 Å². The average Bonchev–Trinajstić information content (AvgIpc) is 2.57. The van der Waals surface area contributed by atoms with Crippen LogP contribution >= 0.6 is 116 Å². The summed E-state index contributed by atoms with van der Waals surface area (Å²) in [5.41, 5.74) is 0.284. The Balaban J connectivity index is 2.48. The molecule has 0 aromatic heterocycles. The van der Waals surface area contributed by atoms with E-state index in [1.807, 2.05) is 0 Å². The number of benzene rings is 2. The molecule has 2 rings (SSSR count). The van der Waals surface area contributed by atoms with Crippen LogP contribution in [0.4, 0.5) is 0 Å². The van der Waals surface area contributed by atoms with Crippen LogP contribution in [0.3, 0.4) is 0 Å². The van der Waals surface area contributed by atoms with E-state index < -0.39 is 0 Å². The van der Waals surface area contributed by atoms with E-state index in [0.29, 0.717) is 0 Å². The number of halogens is 10. The molecule has 130 valence electrons. The van der Waals surface area contributed by atoms with Crippen LogP contribution in [-0.2, 0) is 6.61 Å². The molecule has 0 aliphatic rings. The maximum absolute atomic E-state index is 6.13. The van der Waals surface area contributed by atoms with Gasteiger partial charge in [-0.2, -0.15) is 0 Å². The van der Waals surface area contributed by atoms with E-state index >= 15 is 0 Å². The zero-order chi connectivity index (χ0) is 18.3. The highest BCUT2D eigenvalue weighted by atomic mass is 35.5. The van der Waals surface area contributed by atoms with Gasteiger partial charge in [-0.1, -0.05) is 116 Å². The Morgan fingerprint density at radius 2 is 0.708 bits per heavy atom. The lowest BCUT2D eigenvalue weighted by Crippen LogP contribution is -2.01. The first kappa shape index (κ1) is 21.4. The molecule has 0 radical (unpaired) electrons. The number of hydrogen-bond acceptors (Lipinski definition) is 1. The summed E-state index contributed by atoms with van der Waals surface area (Å²) in [7, 11) is 0. The Morgan fingerprint density at radius 1 is 0.417 bits per heavy atom. The molecule has 11 heteroatoms. The lowest BCUT2D eigenvalue weighted by atomic mass is 10.2. The highest BCUT2D eigenvalue weighted by Crippen LogP contribution is 2.49. The van der Waals surface area contributed by atoms with Gasteiger partial charge in [-0.3, -0.25) is 0 Å². The van der Waals surface area contributed by atoms with Crippen LogP contribution in [0, 0.1) is 0 Å². The summed E-state index contributed by atoms with van der Waals surface area (Å²) >= 11 is 60.2. The van der Waals surface area contributed by atoms with E-state index in [0.717, 1.165) is 0 Å². The highest BCUT2D eigenvalue weighted by molar-refractivity contribution is 6.56. The Kier molecular flexibility index (Phi) is 7.54. The molecule has 2 aromatic carbocycles. The lowest BCUT2D eigenvalue weighted by Gasteiger charge is -2.16. The summed E-state index contributed by atoms with van der Waals surface area (Å²) in [6, 6.07) is 0. The van der Waals surface area contributed by atoms with Gasteiger partial charge in [0.05, 0.1) is 40.2 Å². The largest absolute Gasteiger partial charge is 0.486 e. The van der Waals surface area contributed by atoms with Crippen LogP contribution in [0.2, 0.25) is 50.2 Å². The van der Waals surface area contributed by atoms with E-state index in [-0.39, 0.29) is 68.1 Å². The van der Waals surface area contributed by atoms with Gasteiger partial charge >= 0.3 is 0 Å². The van der Waals surface area contributed by atoms with Crippen LogP contribution in [0.1, 0.15) is 5.56 Å². The van der Waals surface area contributed by atoms with E-state index in [4.69, 9.17) is 121 Å². The Labute approximate surface area is 187 Å². The van der Waals surface area contributed by atoms with Crippen LogP contribution < -0.4 is 4.74 Å². The van der Waals surface area contributed by atoms with Crippen molar-refractivity contribution in [3.05, 3.63) is 55.8 Å². The standard InChI is InChI=1S/C13H2Cl10O/c14-3-2(4(15)6(17)7(18)5(3)16)1-24-13-11(22)9(20)8(19)10(21)12(13)23/h1H2. The zero-order valence-electron chi connectivity index (χ0n) is 10.9.